The van der Waals surface area contributed by atoms with E-state index in [9.17, 15) is 18.0 Å². The number of hydrogen-bond donors (Lipinski definition) is 1. The molecule has 0 saturated carbocycles. The maximum atomic E-state index is 13.3. The standard InChI is InChI=1S/C25H28ClN5O4S2/c1-3-10-31-21-15-20(27-23(21)24(32)28(2)25(31)33)17-4-7-19(8-5-17)37(34,35)30-13-11-29(12-14-30)16-18-6-9-22(26)36-18/h4-9,15,27H,3,10-14,16H2,1-2H3. The maximum Gasteiger partial charge on any atom is 0.331 e. The molecule has 1 aliphatic rings. The molecule has 12 heteroatoms. The fourth-order valence-electron chi connectivity index (χ4n) is 4.69. The summed E-state index contributed by atoms with van der Waals surface area (Å²) >= 11 is 7.57. The van der Waals surface area contributed by atoms with Crippen LogP contribution in [0.4, 0.5) is 0 Å². The lowest BCUT2D eigenvalue weighted by Gasteiger charge is -2.33. The number of aromatic amines is 1. The third-order valence-electron chi connectivity index (χ3n) is 6.71. The van der Waals surface area contributed by atoms with Gasteiger partial charge in [0, 0.05) is 56.9 Å². The van der Waals surface area contributed by atoms with Crippen LogP contribution in [0.25, 0.3) is 22.3 Å². The first kappa shape index (κ1) is 25.9. The predicted octanol–water partition coefficient (Wildman–Crippen LogP) is 3.33. The molecular weight excluding hydrogens is 534 g/mol. The highest BCUT2D eigenvalue weighted by Gasteiger charge is 2.28. The normalized spacial score (nSPS) is 15.5. The van der Waals surface area contributed by atoms with Crippen molar-refractivity contribution in [2.75, 3.05) is 26.2 Å². The van der Waals surface area contributed by atoms with E-state index in [1.165, 1.54) is 16.2 Å². The molecule has 4 heterocycles. The minimum absolute atomic E-state index is 0.227. The van der Waals surface area contributed by atoms with Crippen LogP contribution in [-0.4, -0.2) is 57.9 Å². The number of halogens is 1. The molecule has 196 valence electrons. The van der Waals surface area contributed by atoms with Gasteiger partial charge >= 0.3 is 5.69 Å². The van der Waals surface area contributed by atoms with Gasteiger partial charge in [0.25, 0.3) is 5.56 Å². The zero-order valence-electron chi connectivity index (χ0n) is 20.6. The highest BCUT2D eigenvalue weighted by molar-refractivity contribution is 7.89. The Morgan fingerprint density at radius 1 is 1.03 bits per heavy atom. The van der Waals surface area contributed by atoms with E-state index >= 15 is 0 Å². The highest BCUT2D eigenvalue weighted by atomic mass is 35.5. The van der Waals surface area contributed by atoms with E-state index in [0.29, 0.717) is 49.5 Å². The Kier molecular flexibility index (Phi) is 7.16. The van der Waals surface area contributed by atoms with Crippen LogP contribution in [0.15, 0.2) is 56.9 Å². The van der Waals surface area contributed by atoms with E-state index in [1.807, 2.05) is 19.1 Å². The van der Waals surface area contributed by atoms with E-state index in [1.54, 1.807) is 46.2 Å². The molecule has 1 N–H and O–H groups in total. The summed E-state index contributed by atoms with van der Waals surface area (Å²) in [6.45, 7) is 5.36. The molecule has 5 rings (SSSR count). The number of fused-ring (bicyclic) bond motifs is 1. The van der Waals surface area contributed by atoms with Crippen LogP contribution in [-0.2, 0) is 30.2 Å². The van der Waals surface area contributed by atoms with Crippen molar-refractivity contribution in [2.24, 2.45) is 7.05 Å². The minimum Gasteiger partial charge on any atom is -0.349 e. The Morgan fingerprint density at radius 3 is 2.35 bits per heavy atom. The lowest BCUT2D eigenvalue weighted by atomic mass is 10.1. The summed E-state index contributed by atoms with van der Waals surface area (Å²) in [5.41, 5.74) is 1.53. The van der Waals surface area contributed by atoms with E-state index in [2.05, 4.69) is 9.88 Å². The number of hydrogen-bond acceptors (Lipinski definition) is 6. The van der Waals surface area contributed by atoms with Gasteiger partial charge in [-0.1, -0.05) is 30.7 Å². The molecule has 4 aromatic rings. The van der Waals surface area contributed by atoms with Gasteiger partial charge in [-0.2, -0.15) is 4.31 Å². The summed E-state index contributed by atoms with van der Waals surface area (Å²) in [7, 11) is -2.16. The van der Waals surface area contributed by atoms with Gasteiger partial charge in [-0.05, 0) is 42.3 Å². The molecule has 0 bridgehead atoms. The summed E-state index contributed by atoms with van der Waals surface area (Å²) in [6, 6.07) is 12.3. The minimum atomic E-state index is -3.63. The molecular formula is C25H28ClN5O4S2. The van der Waals surface area contributed by atoms with Gasteiger partial charge in [0.15, 0.2) is 0 Å². The summed E-state index contributed by atoms with van der Waals surface area (Å²) in [4.78, 5) is 32.0. The van der Waals surface area contributed by atoms with Crippen molar-refractivity contribution in [3.8, 4) is 11.3 Å². The van der Waals surface area contributed by atoms with Crippen molar-refractivity contribution in [1.82, 2.24) is 23.3 Å². The molecule has 1 fully saturated rings. The van der Waals surface area contributed by atoms with Crippen molar-refractivity contribution in [3.05, 3.63) is 72.5 Å². The maximum absolute atomic E-state index is 13.3. The lowest BCUT2D eigenvalue weighted by Crippen LogP contribution is -2.48. The number of nitrogens with one attached hydrogen (secondary N) is 1. The van der Waals surface area contributed by atoms with Crippen LogP contribution in [0, 0.1) is 0 Å². The second-order valence-electron chi connectivity index (χ2n) is 9.15. The van der Waals surface area contributed by atoms with E-state index < -0.39 is 10.0 Å². The highest BCUT2D eigenvalue weighted by Crippen LogP contribution is 2.26. The summed E-state index contributed by atoms with van der Waals surface area (Å²) in [6.07, 6.45) is 0.747. The average molecular weight is 562 g/mol. The van der Waals surface area contributed by atoms with Gasteiger partial charge in [-0.25, -0.2) is 13.2 Å². The fourth-order valence-corrected chi connectivity index (χ4v) is 7.25. The zero-order chi connectivity index (χ0) is 26.3. The zero-order valence-corrected chi connectivity index (χ0v) is 23.0. The molecule has 0 amide bonds. The molecule has 0 unspecified atom stereocenters. The largest absolute Gasteiger partial charge is 0.349 e. The molecule has 0 atom stereocenters. The second-order valence-corrected chi connectivity index (χ2v) is 12.9. The number of aryl methyl sites for hydroxylation is 1. The Hall–Kier alpha value is -2.70. The third-order valence-corrected chi connectivity index (χ3v) is 9.84. The van der Waals surface area contributed by atoms with Gasteiger partial charge in [0.05, 0.1) is 14.7 Å². The monoisotopic (exact) mass is 561 g/mol. The quantitative estimate of drug-likeness (QED) is 0.373. The van der Waals surface area contributed by atoms with Gasteiger partial charge in [-0.3, -0.25) is 18.8 Å². The molecule has 0 radical (unpaired) electrons. The molecule has 1 aliphatic heterocycles. The number of rotatable bonds is 7. The molecule has 3 aromatic heterocycles. The van der Waals surface area contributed by atoms with Gasteiger partial charge in [0.2, 0.25) is 10.0 Å². The van der Waals surface area contributed by atoms with Crippen LogP contribution >= 0.6 is 22.9 Å². The molecule has 9 nitrogen and oxygen atoms in total. The van der Waals surface area contributed by atoms with Crippen molar-refractivity contribution >= 4 is 44.0 Å². The third kappa shape index (κ3) is 4.94. The SMILES string of the molecule is CCCn1c(=O)n(C)c(=O)c2[nH]c(-c3ccc(S(=O)(=O)N4CCN(Cc5ccc(Cl)s5)CC4)cc3)cc21. The lowest BCUT2D eigenvalue weighted by molar-refractivity contribution is 0.183. The first-order valence-corrected chi connectivity index (χ1v) is 14.7. The predicted molar refractivity (Wildman–Crippen MR) is 147 cm³/mol. The van der Waals surface area contributed by atoms with E-state index in [-0.39, 0.29) is 16.1 Å². The van der Waals surface area contributed by atoms with Crippen molar-refractivity contribution in [1.29, 1.82) is 0 Å². The van der Waals surface area contributed by atoms with Crippen molar-refractivity contribution < 1.29 is 8.42 Å². The number of nitrogens with zero attached hydrogens (tertiary/aromatic N) is 4. The molecule has 0 aliphatic carbocycles. The van der Waals surface area contributed by atoms with Crippen LogP contribution < -0.4 is 11.2 Å². The van der Waals surface area contributed by atoms with Crippen molar-refractivity contribution in [3.63, 3.8) is 0 Å². The average Bonchev–Trinajstić information content (AvgIpc) is 3.52. The molecule has 0 spiro atoms. The first-order chi connectivity index (χ1) is 17.7. The molecule has 37 heavy (non-hydrogen) atoms. The Labute approximate surface area is 223 Å². The topological polar surface area (TPSA) is 100 Å². The Bertz CT molecular complexity index is 1660. The summed E-state index contributed by atoms with van der Waals surface area (Å²) in [5, 5.41) is 0. The van der Waals surface area contributed by atoms with E-state index in [0.717, 1.165) is 27.4 Å². The van der Waals surface area contributed by atoms with Crippen molar-refractivity contribution in [2.45, 2.75) is 31.3 Å². The number of piperazine rings is 1. The number of aromatic nitrogens is 3. The van der Waals surface area contributed by atoms with Crippen LogP contribution in [0.2, 0.25) is 4.34 Å². The summed E-state index contributed by atoms with van der Waals surface area (Å²) in [5.74, 6) is 0. The molecule has 1 saturated heterocycles. The summed E-state index contributed by atoms with van der Waals surface area (Å²) < 4.78 is 31.5. The van der Waals surface area contributed by atoms with Crippen LogP contribution in [0.5, 0.6) is 0 Å². The second kappa shape index (κ2) is 10.2. The number of H-pyrrole nitrogens is 1. The van der Waals surface area contributed by atoms with Crippen LogP contribution in [0.3, 0.4) is 0 Å². The van der Waals surface area contributed by atoms with Gasteiger partial charge in [0.1, 0.15) is 5.52 Å². The Morgan fingerprint density at radius 2 is 1.73 bits per heavy atom. The van der Waals surface area contributed by atoms with Gasteiger partial charge in [-0.15, -0.1) is 11.3 Å². The molecule has 1 aromatic carbocycles. The number of thiophene rings is 1. The van der Waals surface area contributed by atoms with Crippen LogP contribution in [0.1, 0.15) is 18.2 Å². The first-order valence-electron chi connectivity index (χ1n) is 12.1. The Balaban J connectivity index is 1.35. The van der Waals surface area contributed by atoms with Gasteiger partial charge < -0.3 is 4.98 Å². The fraction of sp³-hybridized carbons (Fsp3) is 0.360. The smallest absolute Gasteiger partial charge is 0.331 e. The van der Waals surface area contributed by atoms with E-state index in [4.69, 9.17) is 11.6 Å². The number of benzene rings is 1. The number of sulfonamides is 1.